The van der Waals surface area contributed by atoms with E-state index in [1.807, 2.05) is 5.38 Å². The molecule has 0 aromatic carbocycles. The molecule has 0 saturated heterocycles. The molecule has 5 nitrogen and oxygen atoms in total. The molecule has 1 atom stereocenters. The summed E-state index contributed by atoms with van der Waals surface area (Å²) in [5.41, 5.74) is 2.62. The summed E-state index contributed by atoms with van der Waals surface area (Å²) in [6, 6.07) is 0. The Labute approximate surface area is 97.5 Å². The number of carbonyl (C=O) groups is 2. The van der Waals surface area contributed by atoms with Crippen molar-refractivity contribution in [3.8, 4) is 0 Å². The number of carboxylic acids is 1. The molecule has 1 rings (SSSR count). The van der Waals surface area contributed by atoms with E-state index >= 15 is 0 Å². The standard InChI is InChI=1S/C10H14N2O3S/c1-7(10(14)15)4-11-9(13)3-2-8-5-16-6-12-8/h5-7H,2-4H2,1H3,(H,11,13)(H,14,15). The lowest BCUT2D eigenvalue weighted by Crippen LogP contribution is -2.31. The van der Waals surface area contributed by atoms with Crippen LogP contribution in [0.15, 0.2) is 10.9 Å². The highest BCUT2D eigenvalue weighted by atomic mass is 32.1. The van der Waals surface area contributed by atoms with Crippen LogP contribution in [-0.2, 0) is 16.0 Å². The molecule has 0 aliphatic rings. The Kier molecular flexibility index (Phi) is 4.91. The predicted molar refractivity (Wildman–Crippen MR) is 60.2 cm³/mol. The van der Waals surface area contributed by atoms with Crippen molar-refractivity contribution in [3.63, 3.8) is 0 Å². The largest absolute Gasteiger partial charge is 0.481 e. The second-order valence-corrected chi connectivity index (χ2v) is 4.24. The lowest BCUT2D eigenvalue weighted by atomic mass is 10.2. The maximum atomic E-state index is 11.3. The lowest BCUT2D eigenvalue weighted by Gasteiger charge is -2.07. The van der Waals surface area contributed by atoms with Crippen LogP contribution >= 0.6 is 11.3 Å². The first-order chi connectivity index (χ1) is 7.59. The fourth-order valence-corrected chi connectivity index (χ4v) is 1.64. The fraction of sp³-hybridized carbons (Fsp3) is 0.500. The van der Waals surface area contributed by atoms with Crippen LogP contribution in [-0.4, -0.2) is 28.5 Å². The molecular weight excluding hydrogens is 228 g/mol. The maximum Gasteiger partial charge on any atom is 0.308 e. The van der Waals surface area contributed by atoms with Crippen molar-refractivity contribution in [2.75, 3.05) is 6.54 Å². The van der Waals surface area contributed by atoms with Gasteiger partial charge in [0.15, 0.2) is 0 Å². The zero-order valence-corrected chi connectivity index (χ0v) is 9.79. The van der Waals surface area contributed by atoms with Gasteiger partial charge in [0.1, 0.15) is 0 Å². The molecule has 0 aliphatic carbocycles. The van der Waals surface area contributed by atoms with Gasteiger partial charge >= 0.3 is 5.97 Å². The zero-order valence-electron chi connectivity index (χ0n) is 8.97. The Balaban J connectivity index is 2.19. The number of nitrogens with zero attached hydrogens (tertiary/aromatic N) is 1. The van der Waals surface area contributed by atoms with Gasteiger partial charge in [0, 0.05) is 18.3 Å². The highest BCUT2D eigenvalue weighted by Gasteiger charge is 2.12. The molecule has 0 bridgehead atoms. The van der Waals surface area contributed by atoms with Gasteiger partial charge in [-0.1, -0.05) is 6.92 Å². The van der Waals surface area contributed by atoms with Crippen molar-refractivity contribution in [2.24, 2.45) is 5.92 Å². The molecule has 6 heteroatoms. The van der Waals surface area contributed by atoms with Crippen LogP contribution in [0.3, 0.4) is 0 Å². The number of aromatic nitrogens is 1. The molecule has 1 aromatic rings. The monoisotopic (exact) mass is 242 g/mol. The van der Waals surface area contributed by atoms with Gasteiger partial charge in [-0.3, -0.25) is 9.59 Å². The minimum atomic E-state index is -0.903. The third-order valence-corrected chi connectivity index (χ3v) is 2.75. The topological polar surface area (TPSA) is 79.3 Å². The van der Waals surface area contributed by atoms with E-state index < -0.39 is 11.9 Å². The van der Waals surface area contributed by atoms with Crippen LogP contribution in [0.25, 0.3) is 0 Å². The van der Waals surface area contributed by atoms with Crippen molar-refractivity contribution < 1.29 is 14.7 Å². The second-order valence-electron chi connectivity index (χ2n) is 3.52. The summed E-state index contributed by atoms with van der Waals surface area (Å²) in [4.78, 5) is 25.9. The highest BCUT2D eigenvalue weighted by molar-refractivity contribution is 7.07. The summed E-state index contributed by atoms with van der Waals surface area (Å²) >= 11 is 1.49. The minimum absolute atomic E-state index is 0.138. The van der Waals surface area contributed by atoms with Crippen molar-refractivity contribution in [1.82, 2.24) is 10.3 Å². The smallest absolute Gasteiger partial charge is 0.308 e. The van der Waals surface area contributed by atoms with Crippen LogP contribution in [0.4, 0.5) is 0 Å². The number of aliphatic carboxylic acids is 1. The number of amides is 1. The van der Waals surface area contributed by atoms with Gasteiger partial charge in [-0.05, 0) is 6.42 Å². The normalized spacial score (nSPS) is 12.1. The molecule has 16 heavy (non-hydrogen) atoms. The molecule has 2 N–H and O–H groups in total. The van der Waals surface area contributed by atoms with Gasteiger partial charge in [0.2, 0.25) is 5.91 Å². The van der Waals surface area contributed by atoms with Crippen molar-refractivity contribution >= 4 is 23.2 Å². The van der Waals surface area contributed by atoms with E-state index in [1.165, 1.54) is 11.3 Å². The van der Waals surface area contributed by atoms with Crippen LogP contribution in [0.2, 0.25) is 0 Å². The third-order valence-electron chi connectivity index (χ3n) is 2.12. The highest BCUT2D eigenvalue weighted by Crippen LogP contribution is 2.03. The van der Waals surface area contributed by atoms with Crippen molar-refractivity contribution in [1.29, 1.82) is 0 Å². The minimum Gasteiger partial charge on any atom is -0.481 e. The number of nitrogens with one attached hydrogen (secondary N) is 1. The molecule has 0 radical (unpaired) electrons. The fourth-order valence-electron chi connectivity index (χ4n) is 1.05. The van der Waals surface area contributed by atoms with Gasteiger partial charge in [0.05, 0.1) is 17.1 Å². The first-order valence-corrected chi connectivity index (χ1v) is 5.90. The molecule has 1 amide bonds. The molecule has 1 heterocycles. The Morgan fingerprint density at radius 2 is 2.38 bits per heavy atom. The van der Waals surface area contributed by atoms with E-state index in [1.54, 1.807) is 12.4 Å². The molecule has 0 saturated carbocycles. The second kappa shape index (κ2) is 6.22. The van der Waals surface area contributed by atoms with Crippen LogP contribution in [0.1, 0.15) is 19.0 Å². The summed E-state index contributed by atoms with van der Waals surface area (Å²) in [6.45, 7) is 1.73. The third kappa shape index (κ3) is 4.39. The Bertz CT molecular complexity index is 351. The molecule has 1 unspecified atom stereocenters. The van der Waals surface area contributed by atoms with Gasteiger partial charge in [-0.25, -0.2) is 4.98 Å². The summed E-state index contributed by atoms with van der Waals surface area (Å²) in [6.07, 6.45) is 0.937. The lowest BCUT2D eigenvalue weighted by molar-refractivity contribution is -0.141. The first-order valence-electron chi connectivity index (χ1n) is 4.96. The number of aryl methyl sites for hydroxylation is 1. The summed E-state index contributed by atoms with van der Waals surface area (Å²) in [5, 5.41) is 13.1. The van der Waals surface area contributed by atoms with E-state index in [9.17, 15) is 9.59 Å². The zero-order chi connectivity index (χ0) is 12.0. The molecule has 0 spiro atoms. The molecule has 88 valence electrons. The number of rotatable bonds is 6. The van der Waals surface area contributed by atoms with Gasteiger partial charge in [-0.15, -0.1) is 11.3 Å². The molecular formula is C10H14N2O3S. The Hall–Kier alpha value is -1.43. The molecule has 1 aromatic heterocycles. The van der Waals surface area contributed by atoms with E-state index in [2.05, 4.69) is 10.3 Å². The van der Waals surface area contributed by atoms with Crippen LogP contribution in [0.5, 0.6) is 0 Å². The predicted octanol–water partition coefficient (Wildman–Crippen LogP) is 0.913. The van der Waals surface area contributed by atoms with E-state index in [4.69, 9.17) is 5.11 Å². The number of hydrogen-bond donors (Lipinski definition) is 2. The van der Waals surface area contributed by atoms with E-state index in [0.717, 1.165) is 5.69 Å². The first kappa shape index (κ1) is 12.6. The van der Waals surface area contributed by atoms with Crippen LogP contribution < -0.4 is 5.32 Å². The van der Waals surface area contributed by atoms with E-state index in [-0.39, 0.29) is 12.5 Å². The summed E-state index contributed by atoms with van der Waals surface area (Å²) < 4.78 is 0. The number of hydrogen-bond acceptors (Lipinski definition) is 4. The van der Waals surface area contributed by atoms with Crippen molar-refractivity contribution in [2.45, 2.75) is 19.8 Å². The average Bonchev–Trinajstić information content (AvgIpc) is 2.75. The average molecular weight is 242 g/mol. The maximum absolute atomic E-state index is 11.3. The molecule has 0 aliphatic heterocycles. The SMILES string of the molecule is CC(CNC(=O)CCc1cscn1)C(=O)O. The summed E-state index contributed by atoms with van der Waals surface area (Å²) in [7, 11) is 0. The number of carbonyl (C=O) groups excluding carboxylic acids is 1. The Morgan fingerprint density at radius 1 is 1.62 bits per heavy atom. The number of thiazole rings is 1. The van der Waals surface area contributed by atoms with E-state index in [0.29, 0.717) is 12.8 Å². The van der Waals surface area contributed by atoms with Crippen molar-refractivity contribution in [3.05, 3.63) is 16.6 Å². The summed E-state index contributed by atoms with van der Waals surface area (Å²) in [5.74, 6) is -1.59. The van der Waals surface area contributed by atoms with Gasteiger partial charge in [-0.2, -0.15) is 0 Å². The van der Waals surface area contributed by atoms with Crippen LogP contribution in [0, 0.1) is 5.92 Å². The Morgan fingerprint density at radius 3 is 2.94 bits per heavy atom. The van der Waals surface area contributed by atoms with Gasteiger partial charge < -0.3 is 10.4 Å². The quantitative estimate of drug-likeness (QED) is 0.777. The number of carboxylic acid groups (broad SMARTS) is 1. The van der Waals surface area contributed by atoms with Gasteiger partial charge in [0.25, 0.3) is 0 Å². The molecule has 0 fully saturated rings.